The molecule has 0 fully saturated rings. The summed E-state index contributed by atoms with van der Waals surface area (Å²) in [5.74, 6) is -1.03. The monoisotopic (exact) mass is 433 g/mol. The molecule has 3 rings (SSSR count). The lowest BCUT2D eigenvalue weighted by molar-refractivity contribution is 0.0946. The Morgan fingerprint density at radius 1 is 1.31 bits per heavy atom. The maximum atomic E-state index is 14.9. The first-order valence-corrected chi connectivity index (χ1v) is 9.08. The Morgan fingerprint density at radius 2 is 2.07 bits per heavy atom. The molecule has 7 nitrogen and oxygen atoms in total. The zero-order valence-corrected chi connectivity index (χ0v) is 16.8. The van der Waals surface area contributed by atoms with Crippen molar-refractivity contribution in [1.82, 2.24) is 20.3 Å². The number of halogens is 3. The molecule has 10 heteroatoms. The van der Waals surface area contributed by atoms with Crippen molar-refractivity contribution in [2.75, 3.05) is 0 Å². The number of H-pyrrole nitrogens is 1. The lowest BCUT2D eigenvalue weighted by Gasteiger charge is -2.12. The Kier molecular flexibility index (Phi) is 6.01. The Morgan fingerprint density at radius 3 is 2.72 bits per heavy atom. The van der Waals surface area contributed by atoms with Crippen LogP contribution in [-0.2, 0) is 6.54 Å². The number of aromatic amines is 1. The maximum Gasteiger partial charge on any atom is 0.271 e. The van der Waals surface area contributed by atoms with Gasteiger partial charge in [-0.05, 0) is 26.0 Å². The zero-order valence-electron chi connectivity index (χ0n) is 15.3. The van der Waals surface area contributed by atoms with Crippen molar-refractivity contribution in [3.05, 3.63) is 68.6 Å². The van der Waals surface area contributed by atoms with Crippen LogP contribution in [0.25, 0.3) is 0 Å². The van der Waals surface area contributed by atoms with E-state index >= 15 is 0 Å². The number of benzene rings is 1. The number of ether oxygens (including phenoxy) is 1. The topological polar surface area (TPSA) is 104 Å². The van der Waals surface area contributed by atoms with Crippen LogP contribution in [0.5, 0.6) is 11.6 Å². The summed E-state index contributed by atoms with van der Waals surface area (Å²) in [5, 5.41) is 11.7. The number of nitrogens with zero attached hydrogens (tertiary/aromatic N) is 3. The summed E-state index contributed by atoms with van der Waals surface area (Å²) in [4.78, 5) is 23.0. The minimum Gasteiger partial charge on any atom is -0.434 e. The fraction of sp³-hybridized carbons (Fsp3) is 0.158. The number of pyridine rings is 1. The highest BCUT2D eigenvalue weighted by Crippen LogP contribution is 2.33. The van der Waals surface area contributed by atoms with Crippen molar-refractivity contribution in [3.8, 4) is 17.7 Å². The first-order valence-electron chi connectivity index (χ1n) is 8.32. The van der Waals surface area contributed by atoms with E-state index in [1.165, 1.54) is 18.2 Å². The average molecular weight is 434 g/mol. The van der Waals surface area contributed by atoms with E-state index in [1.54, 1.807) is 19.9 Å². The van der Waals surface area contributed by atoms with Gasteiger partial charge in [0.1, 0.15) is 11.5 Å². The highest BCUT2D eigenvalue weighted by molar-refractivity contribution is 6.32. The van der Waals surface area contributed by atoms with E-state index in [1.807, 2.05) is 6.07 Å². The minimum absolute atomic E-state index is 0.0200. The highest BCUT2D eigenvalue weighted by atomic mass is 35.5. The van der Waals surface area contributed by atoms with Crippen molar-refractivity contribution in [3.63, 3.8) is 0 Å². The zero-order chi connectivity index (χ0) is 21.1. The molecule has 1 aromatic carbocycles. The van der Waals surface area contributed by atoms with Crippen molar-refractivity contribution >= 4 is 29.1 Å². The number of carbonyl (C=O) groups is 1. The molecule has 0 aliphatic heterocycles. The predicted molar refractivity (Wildman–Crippen MR) is 105 cm³/mol. The van der Waals surface area contributed by atoms with Crippen molar-refractivity contribution < 1.29 is 13.9 Å². The first kappa shape index (κ1) is 20.6. The molecular weight excluding hydrogens is 420 g/mol. The summed E-state index contributed by atoms with van der Waals surface area (Å²) in [5.41, 5.74) is 1.08. The summed E-state index contributed by atoms with van der Waals surface area (Å²) >= 11 is 12.0. The summed E-state index contributed by atoms with van der Waals surface area (Å²) in [7, 11) is 0. The van der Waals surface area contributed by atoms with Gasteiger partial charge >= 0.3 is 0 Å². The van der Waals surface area contributed by atoms with Gasteiger partial charge in [-0.2, -0.15) is 5.26 Å². The highest BCUT2D eigenvalue weighted by Gasteiger charge is 2.18. The van der Waals surface area contributed by atoms with Crippen LogP contribution in [0.3, 0.4) is 0 Å². The van der Waals surface area contributed by atoms with Gasteiger partial charge in [0.05, 0.1) is 16.7 Å². The Bertz CT molecular complexity index is 1140. The lowest BCUT2D eigenvalue weighted by Crippen LogP contribution is -2.24. The number of nitriles is 1. The number of carbonyl (C=O) groups excluding carboxylic acids is 1. The summed E-state index contributed by atoms with van der Waals surface area (Å²) in [6.07, 6.45) is 0. The fourth-order valence-electron chi connectivity index (χ4n) is 2.54. The third-order valence-electron chi connectivity index (χ3n) is 3.84. The van der Waals surface area contributed by atoms with E-state index in [9.17, 15) is 9.18 Å². The van der Waals surface area contributed by atoms with Gasteiger partial charge < -0.3 is 15.0 Å². The fourth-order valence-corrected chi connectivity index (χ4v) is 2.99. The van der Waals surface area contributed by atoms with Crippen LogP contribution in [0.1, 0.15) is 33.1 Å². The summed E-state index contributed by atoms with van der Waals surface area (Å²) < 4.78 is 20.4. The standard InChI is InChI=1S/C19H14Cl2FN5O2/c1-9-5-11(7-23)6-14(25-9)29-17-13(20)4-3-12(15(17)22)8-24-19(28)16-18(21)27-10(2)26-16/h3-6H,8H2,1-2H3,(H,24,28)(H,26,27). The number of aryl methyl sites for hydroxylation is 2. The molecule has 0 spiro atoms. The van der Waals surface area contributed by atoms with E-state index in [4.69, 9.17) is 33.2 Å². The van der Waals surface area contributed by atoms with Crippen LogP contribution in [0.4, 0.5) is 4.39 Å². The number of rotatable bonds is 5. The van der Waals surface area contributed by atoms with E-state index in [0.717, 1.165) is 0 Å². The molecular formula is C19H14Cl2FN5O2. The molecule has 2 heterocycles. The lowest BCUT2D eigenvalue weighted by atomic mass is 10.2. The number of imidazole rings is 1. The molecule has 0 saturated heterocycles. The molecule has 0 radical (unpaired) electrons. The molecule has 3 aromatic rings. The number of aromatic nitrogens is 3. The van der Waals surface area contributed by atoms with Crippen molar-refractivity contribution in [1.29, 1.82) is 5.26 Å². The van der Waals surface area contributed by atoms with Crippen LogP contribution >= 0.6 is 23.2 Å². The number of hydrogen-bond acceptors (Lipinski definition) is 5. The molecule has 0 aliphatic carbocycles. The smallest absolute Gasteiger partial charge is 0.271 e. The molecule has 0 unspecified atom stereocenters. The Labute approximate surface area is 175 Å². The van der Waals surface area contributed by atoms with Crippen molar-refractivity contribution in [2.24, 2.45) is 0 Å². The van der Waals surface area contributed by atoms with Gasteiger partial charge in [0.25, 0.3) is 5.91 Å². The maximum absolute atomic E-state index is 14.9. The van der Waals surface area contributed by atoms with E-state index in [0.29, 0.717) is 17.1 Å². The SMILES string of the molecule is Cc1cc(C#N)cc(Oc2c(Cl)ccc(CNC(=O)c3[nH]c(C)nc3Cl)c2F)n1. The largest absolute Gasteiger partial charge is 0.434 e. The van der Waals surface area contributed by atoms with Gasteiger partial charge in [0.15, 0.2) is 16.7 Å². The Balaban J connectivity index is 1.82. The molecule has 0 saturated carbocycles. The summed E-state index contributed by atoms with van der Waals surface area (Å²) in [6.45, 7) is 3.19. The third-order valence-corrected chi connectivity index (χ3v) is 4.41. The van der Waals surface area contributed by atoms with E-state index in [-0.39, 0.29) is 39.6 Å². The predicted octanol–water partition coefficient (Wildman–Crippen LogP) is 4.46. The van der Waals surface area contributed by atoms with Crippen LogP contribution in [-0.4, -0.2) is 20.9 Å². The van der Waals surface area contributed by atoms with Crippen LogP contribution in [0.15, 0.2) is 24.3 Å². The first-order chi connectivity index (χ1) is 13.8. The normalized spacial score (nSPS) is 10.5. The summed E-state index contributed by atoms with van der Waals surface area (Å²) in [6, 6.07) is 7.79. The van der Waals surface area contributed by atoms with Crippen LogP contribution in [0.2, 0.25) is 10.2 Å². The van der Waals surface area contributed by atoms with Crippen molar-refractivity contribution in [2.45, 2.75) is 20.4 Å². The average Bonchev–Trinajstić information content (AvgIpc) is 3.02. The van der Waals surface area contributed by atoms with E-state index in [2.05, 4.69) is 20.3 Å². The number of nitrogens with one attached hydrogen (secondary N) is 2. The molecule has 0 atom stereocenters. The second-order valence-corrected chi connectivity index (χ2v) is 6.83. The number of amides is 1. The minimum atomic E-state index is -0.758. The second kappa shape index (κ2) is 8.47. The molecule has 1 amide bonds. The van der Waals surface area contributed by atoms with Gasteiger partial charge in [-0.1, -0.05) is 29.3 Å². The third kappa shape index (κ3) is 4.65. The Hall–Kier alpha value is -3.15. The van der Waals surface area contributed by atoms with E-state index < -0.39 is 11.7 Å². The van der Waals surface area contributed by atoms with Gasteiger partial charge in [0.2, 0.25) is 5.88 Å². The molecule has 2 aromatic heterocycles. The second-order valence-electron chi connectivity index (χ2n) is 6.07. The molecule has 148 valence electrons. The molecule has 0 bridgehead atoms. The molecule has 29 heavy (non-hydrogen) atoms. The van der Waals surface area contributed by atoms with Gasteiger partial charge in [-0.15, -0.1) is 0 Å². The number of hydrogen-bond donors (Lipinski definition) is 2. The van der Waals surface area contributed by atoms with Gasteiger partial charge in [-0.25, -0.2) is 14.4 Å². The van der Waals surface area contributed by atoms with Crippen LogP contribution < -0.4 is 10.1 Å². The van der Waals surface area contributed by atoms with Crippen LogP contribution in [0, 0.1) is 31.0 Å². The molecule has 2 N–H and O–H groups in total. The molecule has 0 aliphatic rings. The quantitative estimate of drug-likeness (QED) is 0.617. The van der Waals surface area contributed by atoms with Gasteiger partial charge in [-0.3, -0.25) is 4.79 Å². The van der Waals surface area contributed by atoms with Gasteiger partial charge in [0, 0.05) is 23.9 Å².